The van der Waals surface area contributed by atoms with Crippen molar-refractivity contribution in [2.45, 2.75) is 0 Å². The van der Waals surface area contributed by atoms with Crippen LogP contribution in [0.15, 0.2) is 40.0 Å². The first-order chi connectivity index (χ1) is 8.31. The molecule has 0 unspecified atom stereocenters. The van der Waals surface area contributed by atoms with Crippen LogP contribution >= 0.6 is 11.6 Å². The highest BCUT2D eigenvalue weighted by molar-refractivity contribution is 6.37. The smallest absolute Gasteiger partial charge is 0.173 e. The SMILES string of the molecule is O/N=C/c1cnc2c(oc3ccccc32)c1Cl. The lowest BCUT2D eigenvalue weighted by molar-refractivity contribution is 0.322. The average molecular weight is 247 g/mol. The molecule has 17 heavy (non-hydrogen) atoms. The third-order valence-corrected chi connectivity index (χ3v) is 2.94. The van der Waals surface area contributed by atoms with Crippen LogP contribution in [-0.2, 0) is 0 Å². The van der Waals surface area contributed by atoms with E-state index in [9.17, 15) is 0 Å². The summed E-state index contributed by atoms with van der Waals surface area (Å²) >= 11 is 6.16. The molecule has 84 valence electrons. The first-order valence-electron chi connectivity index (χ1n) is 4.94. The molecule has 0 saturated carbocycles. The van der Waals surface area contributed by atoms with Crippen molar-refractivity contribution in [3.8, 4) is 0 Å². The van der Waals surface area contributed by atoms with E-state index in [1.807, 2.05) is 24.3 Å². The number of rotatable bonds is 1. The summed E-state index contributed by atoms with van der Waals surface area (Å²) in [4.78, 5) is 4.27. The second kappa shape index (κ2) is 3.75. The maximum atomic E-state index is 8.51. The van der Waals surface area contributed by atoms with Crippen molar-refractivity contribution in [2.75, 3.05) is 0 Å². The van der Waals surface area contributed by atoms with Crippen molar-refractivity contribution < 1.29 is 9.62 Å². The van der Waals surface area contributed by atoms with Crippen LogP contribution in [0.1, 0.15) is 5.56 Å². The lowest BCUT2D eigenvalue weighted by atomic mass is 10.2. The molecule has 0 aliphatic carbocycles. The summed E-state index contributed by atoms with van der Waals surface area (Å²) in [7, 11) is 0. The average Bonchev–Trinajstić information content (AvgIpc) is 2.73. The van der Waals surface area contributed by atoms with E-state index in [-0.39, 0.29) is 0 Å². The Bertz CT molecular complexity index is 734. The number of para-hydroxylation sites is 1. The maximum Gasteiger partial charge on any atom is 0.173 e. The van der Waals surface area contributed by atoms with Crippen molar-refractivity contribution >= 4 is 39.9 Å². The third kappa shape index (κ3) is 1.45. The highest BCUT2D eigenvalue weighted by atomic mass is 35.5. The molecule has 0 bridgehead atoms. The predicted octanol–water partition coefficient (Wildman–Crippen LogP) is 3.44. The molecule has 3 aromatic rings. The number of aromatic nitrogens is 1. The second-order valence-electron chi connectivity index (χ2n) is 3.55. The van der Waals surface area contributed by atoms with Crippen LogP contribution in [0.5, 0.6) is 0 Å². The molecule has 0 radical (unpaired) electrons. The molecular formula is C12H7ClN2O2. The topological polar surface area (TPSA) is 58.6 Å². The van der Waals surface area contributed by atoms with Crippen molar-refractivity contribution in [1.82, 2.24) is 4.98 Å². The highest BCUT2D eigenvalue weighted by Gasteiger charge is 2.13. The first-order valence-corrected chi connectivity index (χ1v) is 5.32. The molecule has 2 heterocycles. The van der Waals surface area contributed by atoms with Gasteiger partial charge < -0.3 is 9.62 Å². The maximum absolute atomic E-state index is 8.51. The summed E-state index contributed by atoms with van der Waals surface area (Å²) in [6.07, 6.45) is 2.77. The van der Waals surface area contributed by atoms with Crippen molar-refractivity contribution in [2.24, 2.45) is 5.16 Å². The molecule has 0 spiro atoms. The Balaban J connectivity index is 2.44. The number of hydrogen-bond acceptors (Lipinski definition) is 4. The monoisotopic (exact) mass is 246 g/mol. The number of oxime groups is 1. The normalized spacial score (nSPS) is 11.8. The van der Waals surface area contributed by atoms with Gasteiger partial charge in [0, 0.05) is 17.1 Å². The molecule has 5 heteroatoms. The number of hydrogen-bond donors (Lipinski definition) is 1. The molecule has 0 aliphatic rings. The van der Waals surface area contributed by atoms with Crippen molar-refractivity contribution in [3.05, 3.63) is 41.0 Å². The summed E-state index contributed by atoms with van der Waals surface area (Å²) in [5.41, 5.74) is 2.46. The first kappa shape index (κ1) is 10.1. The van der Waals surface area contributed by atoms with Gasteiger partial charge in [-0.1, -0.05) is 28.9 Å². The second-order valence-corrected chi connectivity index (χ2v) is 3.93. The Kier molecular flexibility index (Phi) is 2.23. The van der Waals surface area contributed by atoms with E-state index in [0.29, 0.717) is 21.7 Å². The van der Waals surface area contributed by atoms with Crippen LogP contribution in [0, 0.1) is 0 Å². The number of fused-ring (bicyclic) bond motifs is 3. The van der Waals surface area contributed by atoms with Crippen LogP contribution in [0.25, 0.3) is 22.1 Å². The summed E-state index contributed by atoms with van der Waals surface area (Å²) in [6.45, 7) is 0. The lowest BCUT2D eigenvalue weighted by Crippen LogP contribution is -1.86. The van der Waals surface area contributed by atoms with Gasteiger partial charge >= 0.3 is 0 Å². The standard InChI is InChI=1S/C12H7ClN2O2/c13-10-7(6-15-16)5-14-11-8-3-1-2-4-9(8)17-12(10)11/h1-6,16H/b15-6+. The fraction of sp³-hybridized carbons (Fsp3) is 0. The van der Waals surface area contributed by atoms with E-state index in [1.54, 1.807) is 6.20 Å². The van der Waals surface area contributed by atoms with Crippen molar-refractivity contribution in [1.29, 1.82) is 0 Å². The minimum absolute atomic E-state index is 0.393. The Morgan fingerprint density at radius 3 is 3.00 bits per heavy atom. The zero-order valence-corrected chi connectivity index (χ0v) is 9.35. The molecule has 1 N–H and O–H groups in total. The fourth-order valence-electron chi connectivity index (χ4n) is 1.78. The van der Waals surface area contributed by atoms with Gasteiger partial charge in [0.25, 0.3) is 0 Å². The van der Waals surface area contributed by atoms with Gasteiger partial charge in [0.15, 0.2) is 5.58 Å². The summed E-state index contributed by atoms with van der Waals surface area (Å²) < 4.78 is 5.63. The quantitative estimate of drug-likeness (QED) is 0.406. The summed E-state index contributed by atoms with van der Waals surface area (Å²) in [6, 6.07) is 7.57. The molecule has 4 nitrogen and oxygen atoms in total. The molecule has 0 amide bonds. The van der Waals surface area contributed by atoms with Gasteiger partial charge in [-0.05, 0) is 12.1 Å². The van der Waals surface area contributed by atoms with Gasteiger partial charge in [-0.2, -0.15) is 0 Å². The van der Waals surface area contributed by atoms with E-state index in [2.05, 4.69) is 10.1 Å². The highest BCUT2D eigenvalue weighted by Crippen LogP contribution is 2.32. The number of furan rings is 1. The van der Waals surface area contributed by atoms with E-state index in [4.69, 9.17) is 21.2 Å². The van der Waals surface area contributed by atoms with Crippen LogP contribution in [-0.4, -0.2) is 16.4 Å². The van der Waals surface area contributed by atoms with E-state index in [0.717, 1.165) is 11.0 Å². The Morgan fingerprint density at radius 2 is 2.18 bits per heavy atom. The number of halogens is 1. The molecule has 2 aromatic heterocycles. The minimum atomic E-state index is 0.393. The van der Waals surface area contributed by atoms with Crippen molar-refractivity contribution in [3.63, 3.8) is 0 Å². The van der Waals surface area contributed by atoms with Crippen LogP contribution in [0.3, 0.4) is 0 Å². The van der Waals surface area contributed by atoms with E-state index >= 15 is 0 Å². The van der Waals surface area contributed by atoms with E-state index in [1.165, 1.54) is 6.21 Å². The molecule has 3 rings (SSSR count). The molecule has 0 saturated heterocycles. The van der Waals surface area contributed by atoms with Crippen LogP contribution in [0.2, 0.25) is 5.02 Å². The minimum Gasteiger partial charge on any atom is -0.453 e. The van der Waals surface area contributed by atoms with Crippen LogP contribution < -0.4 is 0 Å². The Morgan fingerprint density at radius 1 is 1.35 bits per heavy atom. The number of nitrogens with zero attached hydrogens (tertiary/aromatic N) is 2. The van der Waals surface area contributed by atoms with E-state index < -0.39 is 0 Å². The fourth-order valence-corrected chi connectivity index (χ4v) is 2.01. The Hall–Kier alpha value is -2.07. The zero-order chi connectivity index (χ0) is 11.8. The molecule has 0 fully saturated rings. The summed E-state index contributed by atoms with van der Waals surface area (Å²) in [5, 5.41) is 12.8. The predicted molar refractivity (Wildman–Crippen MR) is 65.9 cm³/mol. The third-order valence-electron chi connectivity index (χ3n) is 2.55. The molecule has 0 atom stereocenters. The van der Waals surface area contributed by atoms with Gasteiger partial charge in [-0.3, -0.25) is 4.98 Å². The number of pyridine rings is 1. The number of benzene rings is 1. The van der Waals surface area contributed by atoms with Gasteiger partial charge in [-0.15, -0.1) is 0 Å². The van der Waals surface area contributed by atoms with Gasteiger partial charge in [0.2, 0.25) is 0 Å². The molecular weight excluding hydrogens is 240 g/mol. The van der Waals surface area contributed by atoms with Gasteiger partial charge in [-0.25, -0.2) is 0 Å². The Labute approximate surface area is 101 Å². The van der Waals surface area contributed by atoms with Gasteiger partial charge in [0.05, 0.1) is 11.2 Å². The van der Waals surface area contributed by atoms with Crippen LogP contribution in [0.4, 0.5) is 0 Å². The largest absolute Gasteiger partial charge is 0.453 e. The molecule has 0 aliphatic heterocycles. The zero-order valence-electron chi connectivity index (χ0n) is 8.59. The lowest BCUT2D eigenvalue weighted by Gasteiger charge is -1.96. The van der Waals surface area contributed by atoms with Gasteiger partial charge in [0.1, 0.15) is 11.1 Å². The summed E-state index contributed by atoms with van der Waals surface area (Å²) in [5.74, 6) is 0. The molecule has 1 aromatic carbocycles.